The summed E-state index contributed by atoms with van der Waals surface area (Å²) >= 11 is 0. The number of aromatic nitrogens is 3. The van der Waals surface area contributed by atoms with Crippen LogP contribution >= 0.6 is 0 Å². The molecule has 0 radical (unpaired) electrons. The first-order valence-electron chi connectivity index (χ1n) is 6.16. The van der Waals surface area contributed by atoms with Crippen LogP contribution in [0.25, 0.3) is 0 Å². The third kappa shape index (κ3) is 5.13. The average molecular weight is 256 g/mol. The number of hydrogen-bond acceptors (Lipinski definition) is 7. The maximum atomic E-state index is 8.71. The minimum Gasteiger partial charge on any atom is -0.463 e. The number of nitrogens with one attached hydrogen (secondary N) is 1. The van der Waals surface area contributed by atoms with Gasteiger partial charge in [0.25, 0.3) is 0 Å². The monoisotopic (exact) mass is 256 g/mol. The van der Waals surface area contributed by atoms with Crippen LogP contribution in [-0.4, -0.2) is 46.4 Å². The van der Waals surface area contributed by atoms with E-state index in [4.69, 9.17) is 14.6 Å². The first-order valence-corrected chi connectivity index (χ1v) is 6.16. The van der Waals surface area contributed by atoms with Crippen LogP contribution in [0.1, 0.15) is 26.7 Å². The summed E-state index contributed by atoms with van der Waals surface area (Å²) in [6.07, 6.45) is 1.83. The Labute approximate surface area is 107 Å². The lowest BCUT2D eigenvalue weighted by atomic mass is 10.5. The number of nitrogens with zero attached hydrogens (tertiary/aromatic N) is 3. The quantitative estimate of drug-likeness (QED) is 0.677. The smallest absolute Gasteiger partial charge is 0.324 e. The van der Waals surface area contributed by atoms with Crippen molar-refractivity contribution < 1.29 is 14.6 Å². The molecule has 0 unspecified atom stereocenters. The molecule has 7 nitrogen and oxygen atoms in total. The van der Waals surface area contributed by atoms with Gasteiger partial charge in [0.2, 0.25) is 5.95 Å². The van der Waals surface area contributed by atoms with Gasteiger partial charge in [-0.1, -0.05) is 13.8 Å². The lowest BCUT2D eigenvalue weighted by molar-refractivity contribution is 0.188. The molecule has 1 heterocycles. The van der Waals surface area contributed by atoms with E-state index < -0.39 is 0 Å². The minimum atomic E-state index is -0.0887. The van der Waals surface area contributed by atoms with Crippen molar-refractivity contribution >= 4 is 5.95 Å². The Morgan fingerprint density at radius 3 is 2.22 bits per heavy atom. The summed E-state index contributed by atoms with van der Waals surface area (Å²) in [6.45, 7) is 5.40. The maximum Gasteiger partial charge on any atom is 0.324 e. The molecule has 1 rings (SSSR count). The molecule has 0 aliphatic heterocycles. The van der Waals surface area contributed by atoms with Crippen molar-refractivity contribution in [1.29, 1.82) is 0 Å². The predicted molar refractivity (Wildman–Crippen MR) is 67.0 cm³/mol. The van der Waals surface area contributed by atoms with Gasteiger partial charge in [-0.05, 0) is 12.8 Å². The number of hydrogen-bond donors (Lipinski definition) is 2. The van der Waals surface area contributed by atoms with Gasteiger partial charge in [0.1, 0.15) is 6.61 Å². The fraction of sp³-hybridized carbons (Fsp3) is 0.727. The third-order valence-electron chi connectivity index (χ3n) is 1.89. The molecule has 2 N–H and O–H groups in total. The summed E-state index contributed by atoms with van der Waals surface area (Å²) in [5.74, 6) is 0.422. The van der Waals surface area contributed by atoms with Gasteiger partial charge in [0, 0.05) is 6.54 Å². The third-order valence-corrected chi connectivity index (χ3v) is 1.89. The lowest BCUT2D eigenvalue weighted by Crippen LogP contribution is -2.11. The molecular weight excluding hydrogens is 236 g/mol. The van der Waals surface area contributed by atoms with Crippen molar-refractivity contribution in [3.63, 3.8) is 0 Å². The highest BCUT2D eigenvalue weighted by Crippen LogP contribution is 2.13. The molecule has 0 fully saturated rings. The van der Waals surface area contributed by atoms with Gasteiger partial charge >= 0.3 is 12.0 Å². The molecule has 0 aliphatic carbocycles. The SMILES string of the molecule is CCCNc1nc(OCCC)nc(OCCO)n1. The molecule has 18 heavy (non-hydrogen) atoms. The van der Waals surface area contributed by atoms with E-state index in [2.05, 4.69) is 20.3 Å². The predicted octanol–water partition coefficient (Wildman–Crippen LogP) is 0.853. The highest BCUT2D eigenvalue weighted by atomic mass is 16.5. The molecule has 0 bridgehead atoms. The van der Waals surface area contributed by atoms with Gasteiger partial charge in [-0.15, -0.1) is 4.98 Å². The zero-order chi connectivity index (χ0) is 13.2. The molecule has 0 spiro atoms. The standard InChI is InChI=1S/C11H20N4O3/c1-3-5-12-9-13-10(17-7-4-2)15-11(14-9)18-8-6-16/h16H,3-8H2,1-2H3,(H,12,13,14,15). The second kappa shape index (κ2) is 8.46. The van der Waals surface area contributed by atoms with Crippen LogP contribution in [0.4, 0.5) is 5.95 Å². The Morgan fingerprint density at radius 2 is 1.67 bits per heavy atom. The second-order valence-corrected chi connectivity index (χ2v) is 3.57. The van der Waals surface area contributed by atoms with E-state index in [0.29, 0.717) is 12.6 Å². The van der Waals surface area contributed by atoms with Crippen LogP contribution in [0.2, 0.25) is 0 Å². The number of aliphatic hydroxyl groups excluding tert-OH is 1. The number of aliphatic hydroxyl groups is 1. The lowest BCUT2D eigenvalue weighted by Gasteiger charge is -2.08. The molecule has 0 amide bonds. The Bertz CT molecular complexity index is 284. The van der Waals surface area contributed by atoms with Crippen LogP contribution < -0.4 is 14.8 Å². The second-order valence-electron chi connectivity index (χ2n) is 3.57. The summed E-state index contributed by atoms with van der Waals surface area (Å²) in [7, 11) is 0. The molecule has 0 saturated heterocycles. The average Bonchev–Trinajstić information content (AvgIpc) is 2.40. The summed E-state index contributed by atoms with van der Waals surface area (Å²) in [5, 5.41) is 11.7. The maximum absolute atomic E-state index is 8.71. The zero-order valence-corrected chi connectivity index (χ0v) is 10.8. The number of rotatable bonds is 9. The minimum absolute atomic E-state index is 0.0887. The summed E-state index contributed by atoms with van der Waals surface area (Å²) in [4.78, 5) is 12.2. The van der Waals surface area contributed by atoms with E-state index >= 15 is 0 Å². The van der Waals surface area contributed by atoms with E-state index in [-0.39, 0.29) is 25.2 Å². The fourth-order valence-electron chi connectivity index (χ4n) is 1.11. The molecule has 0 aliphatic rings. The van der Waals surface area contributed by atoms with Crippen LogP contribution in [0.15, 0.2) is 0 Å². The first kappa shape index (κ1) is 14.4. The summed E-state index contributed by atoms with van der Waals surface area (Å²) < 4.78 is 10.5. The van der Waals surface area contributed by atoms with Crippen molar-refractivity contribution in [2.24, 2.45) is 0 Å². The Morgan fingerprint density at radius 1 is 1.00 bits per heavy atom. The normalized spacial score (nSPS) is 10.2. The number of ether oxygens (including phenoxy) is 2. The van der Waals surface area contributed by atoms with E-state index in [1.54, 1.807) is 0 Å². The molecule has 0 aromatic carbocycles. The van der Waals surface area contributed by atoms with E-state index in [0.717, 1.165) is 19.4 Å². The molecule has 102 valence electrons. The van der Waals surface area contributed by atoms with Crippen molar-refractivity contribution in [2.45, 2.75) is 26.7 Å². The summed E-state index contributed by atoms with van der Waals surface area (Å²) in [6, 6.07) is 0.391. The van der Waals surface area contributed by atoms with E-state index in [9.17, 15) is 0 Å². The van der Waals surface area contributed by atoms with Crippen molar-refractivity contribution in [2.75, 3.05) is 31.7 Å². The van der Waals surface area contributed by atoms with Crippen molar-refractivity contribution in [3.05, 3.63) is 0 Å². The van der Waals surface area contributed by atoms with Crippen LogP contribution in [0.3, 0.4) is 0 Å². The largest absolute Gasteiger partial charge is 0.463 e. The van der Waals surface area contributed by atoms with Crippen molar-refractivity contribution in [1.82, 2.24) is 15.0 Å². The van der Waals surface area contributed by atoms with Crippen LogP contribution in [0.5, 0.6) is 12.0 Å². The Kier molecular flexibility index (Phi) is 6.78. The Hall–Kier alpha value is -1.63. The van der Waals surface area contributed by atoms with Gasteiger partial charge in [0.15, 0.2) is 0 Å². The highest BCUT2D eigenvalue weighted by molar-refractivity contribution is 5.27. The van der Waals surface area contributed by atoms with E-state index in [1.807, 2.05) is 13.8 Å². The molecule has 1 aromatic heterocycles. The first-order chi connectivity index (χ1) is 8.80. The van der Waals surface area contributed by atoms with E-state index in [1.165, 1.54) is 0 Å². The molecular formula is C11H20N4O3. The van der Waals surface area contributed by atoms with Gasteiger partial charge in [-0.3, -0.25) is 0 Å². The topological polar surface area (TPSA) is 89.4 Å². The van der Waals surface area contributed by atoms with Gasteiger partial charge in [-0.2, -0.15) is 9.97 Å². The van der Waals surface area contributed by atoms with Crippen LogP contribution in [0, 0.1) is 0 Å². The highest BCUT2D eigenvalue weighted by Gasteiger charge is 2.08. The molecule has 1 aromatic rings. The Balaban J connectivity index is 2.74. The summed E-state index contributed by atoms with van der Waals surface area (Å²) in [5.41, 5.74) is 0. The molecule has 0 saturated carbocycles. The van der Waals surface area contributed by atoms with Gasteiger partial charge in [0.05, 0.1) is 13.2 Å². The number of anilines is 1. The van der Waals surface area contributed by atoms with Crippen LogP contribution in [-0.2, 0) is 0 Å². The van der Waals surface area contributed by atoms with Gasteiger partial charge in [-0.25, -0.2) is 0 Å². The van der Waals surface area contributed by atoms with Gasteiger partial charge < -0.3 is 19.9 Å². The fourth-order valence-corrected chi connectivity index (χ4v) is 1.11. The van der Waals surface area contributed by atoms with Crippen molar-refractivity contribution in [3.8, 4) is 12.0 Å². The zero-order valence-electron chi connectivity index (χ0n) is 10.8. The molecule has 7 heteroatoms. The molecule has 0 atom stereocenters.